The van der Waals surface area contributed by atoms with Crippen LogP contribution in [0.25, 0.3) is 6.08 Å². The number of hydrogen-bond acceptors (Lipinski definition) is 3. The van der Waals surface area contributed by atoms with Crippen LogP contribution in [-0.4, -0.2) is 23.5 Å². The van der Waals surface area contributed by atoms with E-state index in [2.05, 4.69) is 5.32 Å². The van der Waals surface area contributed by atoms with E-state index in [0.29, 0.717) is 17.0 Å². The van der Waals surface area contributed by atoms with Crippen molar-refractivity contribution in [1.29, 1.82) is 0 Å². The zero-order chi connectivity index (χ0) is 15.1. The van der Waals surface area contributed by atoms with Crippen molar-refractivity contribution in [2.24, 2.45) is 5.92 Å². The fraction of sp³-hybridized carbons (Fsp3) is 0.500. The van der Waals surface area contributed by atoms with E-state index in [-0.39, 0.29) is 5.91 Å². The number of carboxylic acid groups (broad SMARTS) is 1. The second-order valence-corrected chi connectivity index (χ2v) is 6.34. The minimum absolute atomic E-state index is 0.110. The highest BCUT2D eigenvalue weighted by atomic mass is 32.1. The topological polar surface area (TPSA) is 66.4 Å². The third-order valence-electron chi connectivity index (χ3n) is 3.86. The molecule has 114 valence electrons. The van der Waals surface area contributed by atoms with Crippen LogP contribution in [0, 0.1) is 5.92 Å². The monoisotopic (exact) mass is 307 g/mol. The second-order valence-electron chi connectivity index (χ2n) is 5.43. The number of carbonyl (C=O) groups excluding carboxylic acids is 1. The summed E-state index contributed by atoms with van der Waals surface area (Å²) in [5, 5.41) is 13.4. The minimum Gasteiger partial charge on any atom is -0.478 e. The van der Waals surface area contributed by atoms with Gasteiger partial charge >= 0.3 is 5.97 Å². The van der Waals surface area contributed by atoms with Crippen LogP contribution in [0.4, 0.5) is 0 Å². The number of carbonyl (C=O) groups is 2. The number of aliphatic carboxylic acids is 1. The van der Waals surface area contributed by atoms with Gasteiger partial charge in [-0.3, -0.25) is 4.79 Å². The van der Waals surface area contributed by atoms with Gasteiger partial charge in [-0.2, -0.15) is 0 Å². The van der Waals surface area contributed by atoms with Crippen LogP contribution < -0.4 is 5.32 Å². The molecule has 0 unspecified atom stereocenters. The van der Waals surface area contributed by atoms with Gasteiger partial charge in [0.25, 0.3) is 5.91 Å². The first kappa shape index (κ1) is 15.8. The highest BCUT2D eigenvalue weighted by molar-refractivity contribution is 7.12. The van der Waals surface area contributed by atoms with Crippen molar-refractivity contribution in [1.82, 2.24) is 5.32 Å². The molecule has 0 atom stereocenters. The summed E-state index contributed by atoms with van der Waals surface area (Å²) in [6, 6.07) is 1.76. The number of nitrogens with one attached hydrogen (secondary N) is 1. The first-order valence-electron chi connectivity index (χ1n) is 7.43. The second kappa shape index (κ2) is 7.98. The average Bonchev–Trinajstić information content (AvgIpc) is 3.12. The van der Waals surface area contributed by atoms with Crippen LogP contribution in [0.3, 0.4) is 0 Å². The van der Waals surface area contributed by atoms with Gasteiger partial charge in [-0.1, -0.05) is 25.7 Å². The van der Waals surface area contributed by atoms with Crippen LogP contribution in [0.15, 0.2) is 17.5 Å². The molecule has 5 heteroatoms. The summed E-state index contributed by atoms with van der Waals surface area (Å²) in [6.07, 6.45) is 10.1. The van der Waals surface area contributed by atoms with Crippen molar-refractivity contribution in [3.05, 3.63) is 28.0 Å². The molecule has 1 heterocycles. The summed E-state index contributed by atoms with van der Waals surface area (Å²) in [4.78, 5) is 23.2. The third kappa shape index (κ3) is 5.01. The molecular weight excluding hydrogens is 286 g/mol. The largest absolute Gasteiger partial charge is 0.478 e. The lowest BCUT2D eigenvalue weighted by Crippen LogP contribution is -2.24. The molecule has 1 fully saturated rings. The Kier molecular flexibility index (Phi) is 5.99. The molecule has 0 radical (unpaired) electrons. The molecule has 2 rings (SSSR count). The molecule has 4 nitrogen and oxygen atoms in total. The van der Waals surface area contributed by atoms with Crippen LogP contribution in [0.5, 0.6) is 0 Å². The van der Waals surface area contributed by atoms with E-state index in [0.717, 1.165) is 18.4 Å². The Labute approximate surface area is 128 Å². The van der Waals surface area contributed by atoms with Gasteiger partial charge in [-0.05, 0) is 41.8 Å². The molecular formula is C16H21NO3S. The van der Waals surface area contributed by atoms with Crippen LogP contribution >= 0.6 is 11.3 Å². The molecule has 1 aliphatic carbocycles. The number of hydrogen-bond donors (Lipinski definition) is 2. The third-order valence-corrected chi connectivity index (χ3v) is 4.79. The number of thiophene rings is 1. The van der Waals surface area contributed by atoms with Crippen LogP contribution in [0.1, 0.15) is 53.8 Å². The Morgan fingerprint density at radius 1 is 1.38 bits per heavy atom. The molecule has 0 bridgehead atoms. The molecule has 0 aliphatic heterocycles. The summed E-state index contributed by atoms with van der Waals surface area (Å²) in [5.41, 5.74) is 0.663. The first-order chi connectivity index (χ1) is 10.2. The van der Waals surface area contributed by atoms with E-state index in [4.69, 9.17) is 5.11 Å². The maximum atomic E-state index is 12.1. The molecule has 0 saturated heterocycles. The maximum absolute atomic E-state index is 12.1. The predicted octanol–water partition coefficient (Wildman–Crippen LogP) is 3.55. The van der Waals surface area contributed by atoms with Crippen molar-refractivity contribution >= 4 is 29.3 Å². The van der Waals surface area contributed by atoms with E-state index in [9.17, 15) is 9.59 Å². The van der Waals surface area contributed by atoms with Gasteiger partial charge < -0.3 is 10.4 Å². The molecule has 1 aromatic heterocycles. The zero-order valence-electron chi connectivity index (χ0n) is 12.0. The summed E-state index contributed by atoms with van der Waals surface area (Å²) in [7, 11) is 0. The van der Waals surface area contributed by atoms with Gasteiger partial charge in [0.1, 0.15) is 0 Å². The van der Waals surface area contributed by atoms with Gasteiger partial charge in [0.05, 0.1) is 4.88 Å². The lowest BCUT2D eigenvalue weighted by molar-refractivity contribution is -0.131. The summed E-state index contributed by atoms with van der Waals surface area (Å²) in [5.74, 6) is -0.275. The van der Waals surface area contributed by atoms with E-state index >= 15 is 0 Å². The predicted molar refractivity (Wildman–Crippen MR) is 84.5 cm³/mol. The normalized spacial score (nSPS) is 15.6. The van der Waals surface area contributed by atoms with Gasteiger partial charge in [0.2, 0.25) is 0 Å². The van der Waals surface area contributed by atoms with Crippen molar-refractivity contribution < 1.29 is 14.7 Å². The highest BCUT2D eigenvalue weighted by Crippen LogP contribution is 2.28. The molecule has 2 N–H and O–H groups in total. The number of rotatable bonds is 7. The molecule has 0 aromatic carbocycles. The Hall–Kier alpha value is -1.62. The van der Waals surface area contributed by atoms with Gasteiger partial charge in [0, 0.05) is 12.6 Å². The van der Waals surface area contributed by atoms with Crippen molar-refractivity contribution in [3.8, 4) is 0 Å². The van der Waals surface area contributed by atoms with Gasteiger partial charge in [-0.15, -0.1) is 11.3 Å². The van der Waals surface area contributed by atoms with Crippen molar-refractivity contribution in [3.63, 3.8) is 0 Å². The Morgan fingerprint density at radius 2 is 2.14 bits per heavy atom. The van der Waals surface area contributed by atoms with Gasteiger partial charge in [0.15, 0.2) is 0 Å². The van der Waals surface area contributed by atoms with E-state index < -0.39 is 5.97 Å². The average molecular weight is 307 g/mol. The Bertz CT molecular complexity index is 515. The molecule has 1 saturated carbocycles. The zero-order valence-corrected chi connectivity index (χ0v) is 12.8. The molecule has 1 aromatic rings. The lowest BCUT2D eigenvalue weighted by Gasteiger charge is -2.09. The van der Waals surface area contributed by atoms with Gasteiger partial charge in [-0.25, -0.2) is 4.79 Å². The SMILES string of the molecule is O=C(O)/C=C/c1ccsc1C(=O)NCCCC1CCCC1. The summed E-state index contributed by atoms with van der Waals surface area (Å²) >= 11 is 1.34. The summed E-state index contributed by atoms with van der Waals surface area (Å²) < 4.78 is 0. The van der Waals surface area contributed by atoms with E-state index in [1.807, 2.05) is 0 Å². The fourth-order valence-corrected chi connectivity index (χ4v) is 3.57. The van der Waals surface area contributed by atoms with Crippen molar-refractivity contribution in [2.75, 3.05) is 6.54 Å². The number of amides is 1. The Balaban J connectivity index is 1.77. The molecule has 21 heavy (non-hydrogen) atoms. The standard InChI is InChI=1S/C16H21NO3S/c18-14(19)8-7-13-9-11-21-15(13)16(20)17-10-3-6-12-4-1-2-5-12/h7-9,11-12H,1-6,10H2,(H,17,20)(H,18,19)/b8-7+. The quantitative estimate of drug-likeness (QED) is 0.598. The molecule has 1 amide bonds. The van der Waals surface area contributed by atoms with E-state index in [1.54, 1.807) is 11.4 Å². The highest BCUT2D eigenvalue weighted by Gasteiger charge is 2.15. The molecule has 1 aliphatic rings. The smallest absolute Gasteiger partial charge is 0.328 e. The van der Waals surface area contributed by atoms with Crippen molar-refractivity contribution in [2.45, 2.75) is 38.5 Å². The minimum atomic E-state index is -1.01. The van der Waals surface area contributed by atoms with Crippen LogP contribution in [-0.2, 0) is 4.79 Å². The molecule has 0 spiro atoms. The fourth-order valence-electron chi connectivity index (χ4n) is 2.77. The van der Waals surface area contributed by atoms with E-state index in [1.165, 1.54) is 49.5 Å². The van der Waals surface area contributed by atoms with Crippen LogP contribution in [0.2, 0.25) is 0 Å². The first-order valence-corrected chi connectivity index (χ1v) is 8.31. The Morgan fingerprint density at radius 3 is 2.86 bits per heavy atom. The lowest BCUT2D eigenvalue weighted by atomic mass is 10.0. The summed E-state index contributed by atoms with van der Waals surface area (Å²) in [6.45, 7) is 0.690. The number of carboxylic acids is 1. The maximum Gasteiger partial charge on any atom is 0.328 e.